The first kappa shape index (κ1) is 15.5. The van der Waals surface area contributed by atoms with Crippen LogP contribution in [0.5, 0.6) is 5.75 Å². The number of likely N-dealkylation sites (tertiary alicyclic amines) is 1. The fourth-order valence-electron chi connectivity index (χ4n) is 3.18. The van der Waals surface area contributed by atoms with Gasteiger partial charge >= 0.3 is 0 Å². The van der Waals surface area contributed by atoms with Crippen molar-refractivity contribution in [3.05, 3.63) is 59.4 Å². The molecule has 2 aromatic rings. The van der Waals surface area contributed by atoms with Gasteiger partial charge in [-0.1, -0.05) is 17.7 Å². The Labute approximate surface area is 137 Å². The summed E-state index contributed by atoms with van der Waals surface area (Å²) in [5.41, 5.74) is 3.40. The third kappa shape index (κ3) is 3.52. The number of amides is 1. The van der Waals surface area contributed by atoms with E-state index >= 15 is 0 Å². The quantitative estimate of drug-likeness (QED) is 0.869. The van der Waals surface area contributed by atoms with E-state index in [9.17, 15) is 4.79 Å². The van der Waals surface area contributed by atoms with Crippen LogP contribution in [0.4, 0.5) is 0 Å². The van der Waals surface area contributed by atoms with E-state index in [2.05, 4.69) is 11.1 Å². The van der Waals surface area contributed by atoms with Crippen LogP contribution in [-0.2, 0) is 4.79 Å². The van der Waals surface area contributed by atoms with Crippen LogP contribution in [0.2, 0.25) is 0 Å². The second kappa shape index (κ2) is 6.82. The number of hydrogen-bond acceptors (Lipinski definition) is 3. The Morgan fingerprint density at radius 1 is 1.26 bits per heavy atom. The lowest BCUT2D eigenvalue weighted by atomic mass is 10.1. The molecule has 1 aliphatic rings. The summed E-state index contributed by atoms with van der Waals surface area (Å²) in [6, 6.07) is 10.1. The van der Waals surface area contributed by atoms with Gasteiger partial charge in [0.1, 0.15) is 5.75 Å². The molecule has 0 spiro atoms. The Morgan fingerprint density at radius 2 is 2.04 bits per heavy atom. The number of pyridine rings is 1. The van der Waals surface area contributed by atoms with E-state index in [0.29, 0.717) is 0 Å². The molecule has 0 saturated carbocycles. The molecule has 1 saturated heterocycles. The summed E-state index contributed by atoms with van der Waals surface area (Å²) in [7, 11) is 0. The number of nitrogens with zero attached hydrogens (tertiary/aromatic N) is 2. The predicted molar refractivity (Wildman–Crippen MR) is 89.3 cm³/mol. The lowest BCUT2D eigenvalue weighted by Crippen LogP contribution is -2.34. The second-order valence-corrected chi connectivity index (χ2v) is 6.08. The number of benzene rings is 1. The number of ether oxygens (including phenoxy) is 1. The van der Waals surface area contributed by atoms with E-state index < -0.39 is 0 Å². The summed E-state index contributed by atoms with van der Waals surface area (Å²) in [5, 5.41) is 0. The van der Waals surface area contributed by atoms with E-state index in [-0.39, 0.29) is 18.6 Å². The van der Waals surface area contributed by atoms with Crippen LogP contribution in [0.1, 0.15) is 35.6 Å². The molecule has 0 aliphatic carbocycles. The van der Waals surface area contributed by atoms with E-state index in [1.807, 2.05) is 43.0 Å². The zero-order valence-corrected chi connectivity index (χ0v) is 13.7. The van der Waals surface area contributed by atoms with Gasteiger partial charge < -0.3 is 9.64 Å². The molecule has 1 aromatic heterocycles. The molecule has 1 aromatic carbocycles. The van der Waals surface area contributed by atoms with Crippen LogP contribution >= 0.6 is 0 Å². The van der Waals surface area contributed by atoms with Crippen molar-refractivity contribution >= 4 is 5.91 Å². The van der Waals surface area contributed by atoms with Crippen LogP contribution in [0.15, 0.2) is 42.7 Å². The summed E-state index contributed by atoms with van der Waals surface area (Å²) < 4.78 is 5.75. The zero-order valence-electron chi connectivity index (χ0n) is 13.7. The maximum absolute atomic E-state index is 12.6. The average molecular weight is 310 g/mol. The second-order valence-electron chi connectivity index (χ2n) is 6.08. The molecule has 0 bridgehead atoms. The first-order valence-electron chi connectivity index (χ1n) is 8.04. The van der Waals surface area contributed by atoms with Crippen LogP contribution in [0.3, 0.4) is 0 Å². The van der Waals surface area contributed by atoms with E-state index in [0.717, 1.165) is 36.3 Å². The standard InChI is InChI=1S/C19H22N2O2/c1-14-5-6-18(15(2)12-14)23-13-19(22)21-11-3-4-17(21)16-7-9-20-10-8-16/h5-10,12,17H,3-4,11,13H2,1-2H3. The minimum absolute atomic E-state index is 0.0456. The fourth-order valence-corrected chi connectivity index (χ4v) is 3.18. The van der Waals surface area contributed by atoms with Gasteiger partial charge in [-0.2, -0.15) is 0 Å². The summed E-state index contributed by atoms with van der Waals surface area (Å²) in [4.78, 5) is 18.5. The topological polar surface area (TPSA) is 42.4 Å². The van der Waals surface area contributed by atoms with Gasteiger partial charge in [-0.05, 0) is 56.0 Å². The van der Waals surface area contributed by atoms with Gasteiger partial charge in [0.25, 0.3) is 5.91 Å². The molecule has 1 amide bonds. The monoisotopic (exact) mass is 310 g/mol. The molecule has 1 atom stereocenters. The van der Waals surface area contributed by atoms with Crippen molar-refractivity contribution in [2.24, 2.45) is 0 Å². The first-order chi connectivity index (χ1) is 11.1. The molecule has 120 valence electrons. The number of aryl methyl sites for hydroxylation is 2. The number of carbonyl (C=O) groups excluding carboxylic acids is 1. The molecule has 0 N–H and O–H groups in total. The number of carbonyl (C=O) groups is 1. The number of aromatic nitrogens is 1. The molecule has 2 heterocycles. The van der Waals surface area contributed by atoms with Crippen LogP contribution in [0.25, 0.3) is 0 Å². The van der Waals surface area contributed by atoms with Gasteiger partial charge in [0.15, 0.2) is 6.61 Å². The fraction of sp³-hybridized carbons (Fsp3) is 0.368. The Kier molecular flexibility index (Phi) is 4.60. The van der Waals surface area contributed by atoms with Gasteiger partial charge in [0, 0.05) is 18.9 Å². The van der Waals surface area contributed by atoms with Crippen molar-refractivity contribution in [1.29, 1.82) is 0 Å². The maximum Gasteiger partial charge on any atom is 0.261 e. The highest BCUT2D eigenvalue weighted by Crippen LogP contribution is 2.31. The lowest BCUT2D eigenvalue weighted by Gasteiger charge is -2.25. The summed E-state index contributed by atoms with van der Waals surface area (Å²) in [6.45, 7) is 4.93. The van der Waals surface area contributed by atoms with Gasteiger partial charge in [-0.3, -0.25) is 9.78 Å². The van der Waals surface area contributed by atoms with E-state index in [1.165, 1.54) is 5.56 Å². The van der Waals surface area contributed by atoms with Crippen LogP contribution < -0.4 is 4.74 Å². The van der Waals surface area contributed by atoms with Gasteiger partial charge in [-0.25, -0.2) is 0 Å². The van der Waals surface area contributed by atoms with Crippen molar-refractivity contribution in [3.8, 4) is 5.75 Å². The number of hydrogen-bond donors (Lipinski definition) is 0. The summed E-state index contributed by atoms with van der Waals surface area (Å²) in [6.07, 6.45) is 5.59. The predicted octanol–water partition coefficient (Wildman–Crippen LogP) is 3.44. The molecule has 1 unspecified atom stereocenters. The Balaban J connectivity index is 1.65. The van der Waals surface area contributed by atoms with Crippen molar-refractivity contribution in [3.63, 3.8) is 0 Å². The molecule has 4 heteroatoms. The minimum Gasteiger partial charge on any atom is -0.483 e. The van der Waals surface area contributed by atoms with Crippen LogP contribution in [0, 0.1) is 13.8 Å². The highest BCUT2D eigenvalue weighted by Gasteiger charge is 2.30. The summed E-state index contributed by atoms with van der Waals surface area (Å²) in [5.74, 6) is 0.827. The van der Waals surface area contributed by atoms with Gasteiger partial charge in [0.2, 0.25) is 0 Å². The van der Waals surface area contributed by atoms with Crippen LogP contribution in [-0.4, -0.2) is 28.9 Å². The highest BCUT2D eigenvalue weighted by molar-refractivity contribution is 5.78. The smallest absolute Gasteiger partial charge is 0.261 e. The van der Waals surface area contributed by atoms with Crippen molar-refractivity contribution < 1.29 is 9.53 Å². The Morgan fingerprint density at radius 3 is 2.78 bits per heavy atom. The van der Waals surface area contributed by atoms with Crippen molar-refractivity contribution in [1.82, 2.24) is 9.88 Å². The summed E-state index contributed by atoms with van der Waals surface area (Å²) >= 11 is 0. The van der Waals surface area contributed by atoms with Gasteiger partial charge in [-0.15, -0.1) is 0 Å². The molecule has 1 aliphatic heterocycles. The van der Waals surface area contributed by atoms with E-state index in [4.69, 9.17) is 4.74 Å². The minimum atomic E-state index is 0.0456. The van der Waals surface area contributed by atoms with Crippen molar-refractivity contribution in [2.45, 2.75) is 32.7 Å². The molecule has 3 rings (SSSR count). The van der Waals surface area contributed by atoms with Gasteiger partial charge in [0.05, 0.1) is 6.04 Å². The largest absolute Gasteiger partial charge is 0.483 e. The molecule has 0 radical (unpaired) electrons. The third-order valence-corrected chi connectivity index (χ3v) is 4.35. The molecular weight excluding hydrogens is 288 g/mol. The Bertz CT molecular complexity index is 685. The SMILES string of the molecule is Cc1ccc(OCC(=O)N2CCCC2c2ccncc2)c(C)c1. The molecular formula is C19H22N2O2. The lowest BCUT2D eigenvalue weighted by molar-refractivity contribution is -0.134. The first-order valence-corrected chi connectivity index (χ1v) is 8.04. The van der Waals surface area contributed by atoms with E-state index in [1.54, 1.807) is 12.4 Å². The number of rotatable bonds is 4. The maximum atomic E-state index is 12.6. The average Bonchev–Trinajstić information content (AvgIpc) is 3.04. The molecule has 23 heavy (non-hydrogen) atoms. The highest BCUT2D eigenvalue weighted by atomic mass is 16.5. The Hall–Kier alpha value is -2.36. The third-order valence-electron chi connectivity index (χ3n) is 4.35. The molecule has 1 fully saturated rings. The molecule has 4 nitrogen and oxygen atoms in total. The van der Waals surface area contributed by atoms with Crippen molar-refractivity contribution in [2.75, 3.05) is 13.2 Å². The normalized spacial score (nSPS) is 17.3. The zero-order chi connectivity index (χ0) is 16.2.